The average Bonchev–Trinajstić information content (AvgIpc) is 2.94. The Morgan fingerprint density at radius 3 is 2.43 bits per heavy atom. The predicted molar refractivity (Wildman–Crippen MR) is 105 cm³/mol. The fourth-order valence-electron chi connectivity index (χ4n) is 3.23. The zero-order chi connectivity index (χ0) is 20.4. The van der Waals surface area contributed by atoms with Crippen molar-refractivity contribution in [1.29, 1.82) is 0 Å². The van der Waals surface area contributed by atoms with Gasteiger partial charge in [-0.2, -0.15) is 0 Å². The lowest BCUT2D eigenvalue weighted by Gasteiger charge is -2.08. The second-order valence-electron chi connectivity index (χ2n) is 6.17. The summed E-state index contributed by atoms with van der Waals surface area (Å²) in [5, 5.41) is 0.870. The van der Waals surface area contributed by atoms with E-state index < -0.39 is 11.8 Å². The maximum atomic E-state index is 13.2. The fraction of sp³-hybridized carbons (Fsp3) is 0.238. The summed E-state index contributed by atoms with van der Waals surface area (Å²) in [5.74, 6) is -0.760. The molecular weight excluding hydrogens is 385 g/mol. The van der Waals surface area contributed by atoms with Crippen molar-refractivity contribution < 1.29 is 23.5 Å². The molecule has 0 radical (unpaired) electrons. The van der Waals surface area contributed by atoms with Gasteiger partial charge in [0.05, 0.1) is 30.7 Å². The fourth-order valence-corrected chi connectivity index (χ4v) is 3.58. The van der Waals surface area contributed by atoms with Crippen LogP contribution < -0.4 is 4.74 Å². The zero-order valence-electron chi connectivity index (χ0n) is 15.7. The number of esters is 1. The topological polar surface area (TPSA) is 57.5 Å². The molecular formula is C21H19ClFNO4. The Hall–Kier alpha value is -2.86. The lowest BCUT2D eigenvalue weighted by atomic mass is 10.1. The van der Waals surface area contributed by atoms with E-state index in [4.69, 9.17) is 21.1 Å². The maximum absolute atomic E-state index is 13.2. The molecule has 2 aromatic carbocycles. The molecule has 146 valence electrons. The molecule has 0 aliphatic heterocycles. The minimum absolute atomic E-state index is 0.0350. The molecule has 0 bridgehead atoms. The van der Waals surface area contributed by atoms with Crippen LogP contribution in [-0.4, -0.2) is 30.2 Å². The number of rotatable bonds is 5. The Balaban J connectivity index is 2.24. The van der Waals surface area contributed by atoms with Gasteiger partial charge in [-0.15, -0.1) is 0 Å². The lowest BCUT2D eigenvalue weighted by molar-refractivity contribution is -0.142. The minimum Gasteiger partial charge on any atom is -0.495 e. The molecule has 0 saturated carbocycles. The third kappa shape index (κ3) is 3.47. The summed E-state index contributed by atoms with van der Waals surface area (Å²) in [6.45, 7) is 3.71. The molecule has 3 rings (SSSR count). The van der Waals surface area contributed by atoms with Crippen LogP contribution in [0.25, 0.3) is 10.9 Å². The van der Waals surface area contributed by atoms with Gasteiger partial charge in [0.25, 0.3) is 5.91 Å². The molecule has 0 amide bonds. The van der Waals surface area contributed by atoms with Crippen molar-refractivity contribution in [3.05, 3.63) is 64.1 Å². The van der Waals surface area contributed by atoms with Gasteiger partial charge in [-0.25, -0.2) is 4.39 Å². The summed E-state index contributed by atoms with van der Waals surface area (Å²) in [6, 6.07) is 8.65. The van der Waals surface area contributed by atoms with Crippen LogP contribution in [0.5, 0.6) is 5.75 Å². The van der Waals surface area contributed by atoms with Crippen molar-refractivity contribution in [2.45, 2.75) is 20.3 Å². The van der Waals surface area contributed by atoms with E-state index in [1.165, 1.54) is 35.9 Å². The third-order valence-electron chi connectivity index (χ3n) is 4.54. The highest BCUT2D eigenvalue weighted by Gasteiger charge is 2.24. The molecule has 0 aliphatic rings. The highest BCUT2D eigenvalue weighted by Crippen LogP contribution is 2.38. The van der Waals surface area contributed by atoms with E-state index in [0.717, 1.165) is 0 Å². The minimum atomic E-state index is -0.429. The highest BCUT2D eigenvalue weighted by atomic mass is 35.5. The summed E-state index contributed by atoms with van der Waals surface area (Å²) in [6.07, 6.45) is -0.0350. The predicted octanol–water partition coefficient (Wildman–Crippen LogP) is 4.54. The molecule has 0 atom stereocenters. The number of fused-ring (bicyclic) bond motifs is 1. The molecule has 7 heteroatoms. The van der Waals surface area contributed by atoms with Gasteiger partial charge in [0.2, 0.25) is 0 Å². The molecule has 1 aromatic heterocycles. The van der Waals surface area contributed by atoms with Crippen LogP contribution in [0.1, 0.15) is 28.5 Å². The Morgan fingerprint density at radius 1 is 1.14 bits per heavy atom. The molecule has 0 saturated heterocycles. The van der Waals surface area contributed by atoms with Crippen molar-refractivity contribution >= 4 is 34.4 Å². The molecule has 3 aromatic rings. The summed E-state index contributed by atoms with van der Waals surface area (Å²) < 4.78 is 25.1. The van der Waals surface area contributed by atoms with Gasteiger partial charge >= 0.3 is 5.97 Å². The van der Waals surface area contributed by atoms with Gasteiger partial charge in [-0.05, 0) is 55.8 Å². The number of benzene rings is 2. The van der Waals surface area contributed by atoms with Crippen LogP contribution in [0.4, 0.5) is 4.39 Å². The lowest BCUT2D eigenvalue weighted by Crippen LogP contribution is -2.14. The van der Waals surface area contributed by atoms with Gasteiger partial charge in [0.1, 0.15) is 11.6 Å². The van der Waals surface area contributed by atoms with Crippen LogP contribution in [-0.2, 0) is 16.0 Å². The molecule has 0 spiro atoms. The van der Waals surface area contributed by atoms with Gasteiger partial charge in [0, 0.05) is 16.6 Å². The Labute approximate surface area is 166 Å². The molecule has 0 unspecified atom stereocenters. The SMILES string of the molecule is CCOC(=O)Cc1c(C)n(C(=O)c2ccc(F)cc2)c2ccc(OC)c(Cl)c12. The summed E-state index contributed by atoms with van der Waals surface area (Å²) in [4.78, 5) is 25.3. The summed E-state index contributed by atoms with van der Waals surface area (Å²) in [5.41, 5.74) is 2.01. The Kier molecular flexibility index (Phi) is 5.70. The zero-order valence-corrected chi connectivity index (χ0v) is 16.5. The number of hydrogen-bond donors (Lipinski definition) is 0. The molecule has 1 heterocycles. The molecule has 0 aliphatic carbocycles. The molecule has 0 N–H and O–H groups in total. The van der Waals surface area contributed by atoms with E-state index >= 15 is 0 Å². The van der Waals surface area contributed by atoms with Crippen molar-refractivity contribution in [1.82, 2.24) is 4.57 Å². The van der Waals surface area contributed by atoms with Gasteiger partial charge in [0.15, 0.2) is 0 Å². The Bertz CT molecular complexity index is 1060. The molecule has 28 heavy (non-hydrogen) atoms. The summed E-state index contributed by atoms with van der Waals surface area (Å²) >= 11 is 6.51. The largest absolute Gasteiger partial charge is 0.495 e. The first-order valence-corrected chi connectivity index (χ1v) is 9.09. The van der Waals surface area contributed by atoms with E-state index in [1.54, 1.807) is 26.0 Å². The first-order chi connectivity index (χ1) is 13.4. The number of halogens is 2. The quantitative estimate of drug-likeness (QED) is 0.587. The van der Waals surface area contributed by atoms with Gasteiger partial charge in [-0.1, -0.05) is 11.6 Å². The second kappa shape index (κ2) is 8.02. The van der Waals surface area contributed by atoms with E-state index in [-0.39, 0.29) is 18.9 Å². The number of nitrogens with zero attached hydrogens (tertiary/aromatic N) is 1. The number of methoxy groups -OCH3 is 1. The van der Waals surface area contributed by atoms with Crippen LogP contribution >= 0.6 is 11.6 Å². The van der Waals surface area contributed by atoms with Crippen LogP contribution in [0.2, 0.25) is 5.02 Å². The molecule has 5 nitrogen and oxygen atoms in total. The maximum Gasteiger partial charge on any atom is 0.310 e. The van der Waals surface area contributed by atoms with Crippen LogP contribution in [0.15, 0.2) is 36.4 Å². The van der Waals surface area contributed by atoms with Crippen molar-refractivity contribution in [2.75, 3.05) is 13.7 Å². The summed E-state index contributed by atoms with van der Waals surface area (Å²) in [7, 11) is 1.49. The third-order valence-corrected chi connectivity index (χ3v) is 4.92. The second-order valence-corrected chi connectivity index (χ2v) is 6.55. The van der Waals surface area contributed by atoms with E-state index in [1.807, 2.05) is 0 Å². The van der Waals surface area contributed by atoms with Crippen LogP contribution in [0.3, 0.4) is 0 Å². The number of hydrogen-bond acceptors (Lipinski definition) is 4. The van der Waals surface area contributed by atoms with Crippen molar-refractivity contribution in [3.63, 3.8) is 0 Å². The normalized spacial score (nSPS) is 10.9. The first-order valence-electron chi connectivity index (χ1n) is 8.71. The van der Waals surface area contributed by atoms with Crippen LogP contribution in [0, 0.1) is 12.7 Å². The van der Waals surface area contributed by atoms with Gasteiger partial charge < -0.3 is 9.47 Å². The average molecular weight is 404 g/mol. The standard InChI is InChI=1S/C21H19ClFNO4/c1-4-28-18(25)11-15-12(2)24(21(26)13-5-7-14(23)8-6-13)16-9-10-17(27-3)20(22)19(15)16/h5-10H,4,11H2,1-3H3. The van der Waals surface area contributed by atoms with E-state index in [0.29, 0.717) is 38.5 Å². The smallest absolute Gasteiger partial charge is 0.310 e. The van der Waals surface area contributed by atoms with Gasteiger partial charge in [-0.3, -0.25) is 14.2 Å². The van der Waals surface area contributed by atoms with E-state index in [2.05, 4.69) is 0 Å². The van der Waals surface area contributed by atoms with E-state index in [9.17, 15) is 14.0 Å². The Morgan fingerprint density at radius 2 is 1.82 bits per heavy atom. The number of carbonyl (C=O) groups excluding carboxylic acids is 2. The monoisotopic (exact) mass is 403 g/mol. The van der Waals surface area contributed by atoms with Crippen molar-refractivity contribution in [2.24, 2.45) is 0 Å². The number of ether oxygens (including phenoxy) is 2. The first kappa shape index (κ1) is 19.9. The molecule has 0 fully saturated rings. The highest BCUT2D eigenvalue weighted by molar-refractivity contribution is 6.37. The van der Waals surface area contributed by atoms with Crippen molar-refractivity contribution in [3.8, 4) is 5.75 Å². The number of aromatic nitrogens is 1. The number of carbonyl (C=O) groups is 2.